The molecule has 0 radical (unpaired) electrons. The minimum atomic E-state index is -4.61. The molecule has 0 aromatic heterocycles. The summed E-state index contributed by atoms with van der Waals surface area (Å²) in [6.45, 7) is 0.890. The van der Waals surface area contributed by atoms with Gasteiger partial charge in [0.1, 0.15) is 11.4 Å². The van der Waals surface area contributed by atoms with Crippen LogP contribution in [0.5, 0.6) is 5.75 Å². The maximum Gasteiger partial charge on any atom is 0.416 e. The number of aliphatic imine (C=N–C) groups is 1. The number of carbonyl (C=O) groups excluding carboxylic acids is 1. The van der Waals surface area contributed by atoms with Crippen LogP contribution in [0.2, 0.25) is 0 Å². The first-order valence-electron chi connectivity index (χ1n) is 10.7. The Morgan fingerprint density at radius 3 is 2.62 bits per heavy atom. The Kier molecular flexibility index (Phi) is 4.88. The van der Waals surface area contributed by atoms with Gasteiger partial charge in [0, 0.05) is 25.6 Å². The van der Waals surface area contributed by atoms with Crippen molar-refractivity contribution in [1.82, 2.24) is 4.90 Å². The van der Waals surface area contributed by atoms with E-state index >= 15 is 0 Å². The van der Waals surface area contributed by atoms with Crippen molar-refractivity contribution in [3.63, 3.8) is 0 Å². The lowest BCUT2D eigenvalue weighted by Crippen LogP contribution is -2.55. The fourth-order valence-electron chi connectivity index (χ4n) is 5.01. The summed E-state index contributed by atoms with van der Waals surface area (Å²) in [6, 6.07) is 9.80. The molecule has 34 heavy (non-hydrogen) atoms. The van der Waals surface area contributed by atoms with E-state index in [1.807, 2.05) is 0 Å². The number of alkyl halides is 3. The Hall–Kier alpha value is -3.58. The number of nitrogens with two attached hydrogens (primary N) is 1. The van der Waals surface area contributed by atoms with Gasteiger partial charge in [-0.1, -0.05) is 6.07 Å². The van der Waals surface area contributed by atoms with Gasteiger partial charge in [-0.25, -0.2) is 4.99 Å². The van der Waals surface area contributed by atoms with Crippen molar-refractivity contribution in [3.8, 4) is 22.9 Å². The average molecular weight is 470 g/mol. The number of fused-ring (bicyclic) bond motifs is 2. The Morgan fingerprint density at radius 2 is 2.00 bits per heavy atom. The van der Waals surface area contributed by atoms with Crippen molar-refractivity contribution in [1.29, 1.82) is 5.26 Å². The fourth-order valence-corrected chi connectivity index (χ4v) is 5.01. The summed E-state index contributed by atoms with van der Waals surface area (Å²) in [4.78, 5) is 19.3. The molecule has 2 aromatic carbocycles. The van der Waals surface area contributed by atoms with Gasteiger partial charge in [-0.3, -0.25) is 9.69 Å². The van der Waals surface area contributed by atoms with Gasteiger partial charge in [0.2, 0.25) is 0 Å². The van der Waals surface area contributed by atoms with Crippen LogP contribution in [0, 0.1) is 11.3 Å². The number of guanidine groups is 1. The van der Waals surface area contributed by atoms with Gasteiger partial charge in [-0.15, -0.1) is 0 Å². The summed E-state index contributed by atoms with van der Waals surface area (Å²) in [6.07, 6.45) is -2.99. The monoisotopic (exact) mass is 470 g/mol. The fraction of sp³-hybridized carbons (Fsp3) is 0.375. The molecule has 176 valence electrons. The van der Waals surface area contributed by atoms with Crippen LogP contribution >= 0.6 is 0 Å². The van der Waals surface area contributed by atoms with E-state index in [9.17, 15) is 23.2 Å². The maximum atomic E-state index is 13.5. The molecular formula is C24H21F3N4O3. The zero-order chi connectivity index (χ0) is 24.3. The number of nitriles is 1. The van der Waals surface area contributed by atoms with Gasteiger partial charge in [0.05, 0.1) is 23.8 Å². The quantitative estimate of drug-likeness (QED) is 0.687. The van der Waals surface area contributed by atoms with Crippen LogP contribution in [0.4, 0.5) is 13.2 Å². The van der Waals surface area contributed by atoms with E-state index in [1.165, 1.54) is 18.0 Å². The number of likely N-dealkylation sites (N-methyl/N-ethyl adjacent to an activating group) is 1. The average Bonchev–Trinajstić information content (AvgIpc) is 3.02. The van der Waals surface area contributed by atoms with Crippen LogP contribution in [-0.2, 0) is 21.2 Å². The second-order valence-electron chi connectivity index (χ2n) is 8.93. The number of rotatable bonds is 1. The number of halogens is 3. The Balaban J connectivity index is 1.69. The van der Waals surface area contributed by atoms with Gasteiger partial charge >= 0.3 is 6.18 Å². The number of benzene rings is 2. The highest BCUT2D eigenvalue weighted by atomic mass is 19.4. The van der Waals surface area contributed by atoms with Gasteiger partial charge in [0.25, 0.3) is 5.91 Å². The minimum absolute atomic E-state index is 0.0565. The summed E-state index contributed by atoms with van der Waals surface area (Å²) in [5, 5.41) is 9.26. The van der Waals surface area contributed by atoms with Crippen LogP contribution in [0.3, 0.4) is 0 Å². The summed E-state index contributed by atoms with van der Waals surface area (Å²) in [5.41, 5.74) is 3.86. The van der Waals surface area contributed by atoms with E-state index in [2.05, 4.69) is 4.99 Å². The molecule has 2 spiro atoms. The van der Waals surface area contributed by atoms with E-state index in [0.717, 1.165) is 18.6 Å². The van der Waals surface area contributed by atoms with Crippen molar-refractivity contribution in [2.24, 2.45) is 10.7 Å². The molecule has 3 aliphatic heterocycles. The molecule has 1 fully saturated rings. The van der Waals surface area contributed by atoms with Crippen LogP contribution in [-0.4, -0.2) is 42.6 Å². The van der Waals surface area contributed by atoms with Crippen LogP contribution in [0.15, 0.2) is 41.4 Å². The van der Waals surface area contributed by atoms with Gasteiger partial charge in [-0.2, -0.15) is 18.4 Å². The highest BCUT2D eigenvalue weighted by molar-refractivity contribution is 6.07. The third-order valence-corrected chi connectivity index (χ3v) is 6.65. The zero-order valence-electron chi connectivity index (χ0n) is 18.3. The lowest BCUT2D eigenvalue weighted by Gasteiger charge is -2.46. The maximum absolute atomic E-state index is 13.5. The topological polar surface area (TPSA) is 101 Å². The second-order valence-corrected chi connectivity index (χ2v) is 8.93. The lowest BCUT2D eigenvalue weighted by molar-refractivity contribution is -0.139. The van der Waals surface area contributed by atoms with Gasteiger partial charge in [-0.05, 0) is 54.3 Å². The number of carbonyl (C=O) groups is 1. The van der Waals surface area contributed by atoms with E-state index in [0.29, 0.717) is 36.5 Å². The van der Waals surface area contributed by atoms with Crippen LogP contribution in [0.1, 0.15) is 36.0 Å². The molecule has 10 heteroatoms. The first kappa shape index (κ1) is 22.2. The summed E-state index contributed by atoms with van der Waals surface area (Å²) in [7, 11) is 1.53. The largest absolute Gasteiger partial charge is 0.484 e. The summed E-state index contributed by atoms with van der Waals surface area (Å²) >= 11 is 0. The predicted molar refractivity (Wildman–Crippen MR) is 116 cm³/mol. The van der Waals surface area contributed by atoms with Gasteiger partial charge < -0.3 is 15.2 Å². The normalized spacial score (nSPS) is 26.3. The molecule has 0 aliphatic carbocycles. The van der Waals surface area contributed by atoms with Gasteiger partial charge in [0.15, 0.2) is 11.5 Å². The first-order valence-corrected chi connectivity index (χ1v) is 10.7. The minimum Gasteiger partial charge on any atom is -0.484 e. The zero-order valence-corrected chi connectivity index (χ0v) is 18.3. The van der Waals surface area contributed by atoms with E-state index < -0.39 is 22.9 Å². The molecule has 0 bridgehead atoms. The van der Waals surface area contributed by atoms with Crippen molar-refractivity contribution >= 4 is 11.9 Å². The SMILES string of the molecule is CN1C(=O)[C@@]2(C[C@@]3(CCCOC3)Oc3ccc(-c4cc(C#N)cc(C(F)(F)F)c4)cc32)N=C1N. The molecule has 0 unspecified atom stereocenters. The van der Waals surface area contributed by atoms with Crippen LogP contribution in [0.25, 0.3) is 11.1 Å². The number of nitrogens with zero attached hydrogens (tertiary/aromatic N) is 3. The molecule has 2 N–H and O–H groups in total. The first-order chi connectivity index (χ1) is 16.1. The molecular weight excluding hydrogens is 449 g/mol. The van der Waals surface area contributed by atoms with Crippen molar-refractivity contribution < 1.29 is 27.4 Å². The summed E-state index contributed by atoms with van der Waals surface area (Å²) < 4.78 is 52.3. The Bertz CT molecular complexity index is 1260. The Morgan fingerprint density at radius 1 is 1.21 bits per heavy atom. The third-order valence-electron chi connectivity index (χ3n) is 6.65. The van der Waals surface area contributed by atoms with Crippen molar-refractivity contribution in [2.75, 3.05) is 20.3 Å². The molecule has 2 atom stereocenters. The number of hydrogen-bond acceptors (Lipinski definition) is 6. The molecule has 3 heterocycles. The highest BCUT2D eigenvalue weighted by Gasteiger charge is 2.58. The number of ether oxygens (including phenoxy) is 2. The van der Waals surface area contributed by atoms with E-state index in [1.54, 1.807) is 24.3 Å². The second kappa shape index (κ2) is 7.46. The van der Waals surface area contributed by atoms with Crippen molar-refractivity contribution in [2.45, 2.75) is 36.6 Å². The molecule has 1 saturated heterocycles. The standard InChI is InChI=1S/C24H21F3N4O3/c1-31-20(32)23(30-21(31)29)12-22(5-2-6-33-13-22)34-19-4-3-15(10-18(19)23)16-7-14(11-28)8-17(9-16)24(25,26)27/h3-4,7-10H,2,5-6,12-13H2,1H3,(H2,29,30)/t22-,23+/m1/s1. The number of hydrogen-bond donors (Lipinski definition) is 1. The highest BCUT2D eigenvalue weighted by Crippen LogP contribution is 2.52. The molecule has 2 aromatic rings. The molecule has 1 amide bonds. The molecule has 5 rings (SSSR count). The third kappa shape index (κ3) is 3.39. The van der Waals surface area contributed by atoms with Crippen LogP contribution < -0.4 is 10.5 Å². The lowest BCUT2D eigenvalue weighted by atomic mass is 9.74. The predicted octanol–water partition coefficient (Wildman–Crippen LogP) is 3.56. The molecule has 0 saturated carbocycles. The van der Waals surface area contributed by atoms with E-state index in [4.69, 9.17) is 15.2 Å². The molecule has 7 nitrogen and oxygen atoms in total. The summed E-state index contributed by atoms with van der Waals surface area (Å²) in [5.74, 6) is 0.132. The Labute approximate surface area is 193 Å². The number of amides is 1. The smallest absolute Gasteiger partial charge is 0.416 e. The van der Waals surface area contributed by atoms with Crippen molar-refractivity contribution in [3.05, 3.63) is 53.1 Å². The molecule has 3 aliphatic rings. The van der Waals surface area contributed by atoms with E-state index in [-0.39, 0.29) is 29.4 Å².